The van der Waals surface area contributed by atoms with E-state index in [2.05, 4.69) is 27.5 Å². The van der Waals surface area contributed by atoms with Crippen molar-refractivity contribution in [2.24, 2.45) is 0 Å². The number of nitrogens with zero attached hydrogens (tertiary/aromatic N) is 2. The van der Waals surface area contributed by atoms with Crippen molar-refractivity contribution in [2.75, 3.05) is 0 Å². The van der Waals surface area contributed by atoms with Crippen LogP contribution in [0, 0.1) is 0 Å². The topological polar surface area (TPSA) is 52.1 Å². The van der Waals surface area contributed by atoms with Gasteiger partial charge in [-0.05, 0) is 38.2 Å². The Morgan fingerprint density at radius 1 is 1.19 bits per heavy atom. The number of aromatic nitrogens is 2. The van der Waals surface area contributed by atoms with E-state index in [-0.39, 0.29) is 17.3 Å². The lowest BCUT2D eigenvalue weighted by atomic mass is 9.98. The molecule has 4 nitrogen and oxygen atoms in total. The fraction of sp³-hybridized carbons (Fsp3) is 0.381. The first-order valence-corrected chi connectivity index (χ1v) is 11.1. The highest BCUT2D eigenvalue weighted by atomic mass is 32.2. The van der Waals surface area contributed by atoms with E-state index in [4.69, 9.17) is 4.74 Å². The molecule has 0 unspecified atom stereocenters. The van der Waals surface area contributed by atoms with Gasteiger partial charge in [0, 0.05) is 10.9 Å². The summed E-state index contributed by atoms with van der Waals surface area (Å²) in [4.78, 5) is 22.4. The number of thioether (sulfide) groups is 1. The maximum absolute atomic E-state index is 12.6. The average molecular weight is 399 g/mol. The molecule has 0 amide bonds. The molecule has 3 aromatic rings. The van der Waals surface area contributed by atoms with Crippen molar-refractivity contribution in [2.45, 2.75) is 55.4 Å². The van der Waals surface area contributed by atoms with Crippen molar-refractivity contribution in [1.82, 2.24) is 9.97 Å². The highest BCUT2D eigenvalue weighted by Gasteiger charge is 2.24. The summed E-state index contributed by atoms with van der Waals surface area (Å²) in [6, 6.07) is 10.2. The summed E-state index contributed by atoms with van der Waals surface area (Å²) >= 11 is 3.07. The second-order valence-electron chi connectivity index (χ2n) is 6.83. The van der Waals surface area contributed by atoms with E-state index >= 15 is 0 Å². The molecule has 0 bridgehead atoms. The van der Waals surface area contributed by atoms with Gasteiger partial charge < -0.3 is 4.74 Å². The van der Waals surface area contributed by atoms with Gasteiger partial charge in [0.05, 0.1) is 5.39 Å². The zero-order chi connectivity index (χ0) is 18.6. The molecule has 140 valence electrons. The molecule has 1 saturated carbocycles. The minimum atomic E-state index is -0.298. The number of thiophene rings is 1. The van der Waals surface area contributed by atoms with Crippen molar-refractivity contribution in [3.63, 3.8) is 0 Å². The molecule has 1 aromatic carbocycles. The molecule has 0 radical (unpaired) electrons. The molecule has 1 aliphatic carbocycles. The summed E-state index contributed by atoms with van der Waals surface area (Å²) in [6.07, 6.45) is 7.20. The maximum Gasteiger partial charge on any atom is 0.319 e. The van der Waals surface area contributed by atoms with Gasteiger partial charge in [0.15, 0.2) is 0 Å². The van der Waals surface area contributed by atoms with Gasteiger partial charge in [0.2, 0.25) is 0 Å². The largest absolute Gasteiger partial charge is 0.462 e. The lowest BCUT2D eigenvalue weighted by molar-refractivity contribution is -0.149. The van der Waals surface area contributed by atoms with Gasteiger partial charge in [-0.15, -0.1) is 11.3 Å². The number of hydrogen-bond donors (Lipinski definition) is 0. The van der Waals surface area contributed by atoms with Gasteiger partial charge in [-0.1, -0.05) is 48.5 Å². The first-order chi connectivity index (χ1) is 13.2. The molecule has 2 heterocycles. The third-order valence-corrected chi connectivity index (χ3v) is 6.84. The lowest BCUT2D eigenvalue weighted by Crippen LogP contribution is -2.26. The molecule has 2 aromatic heterocycles. The second-order valence-corrected chi connectivity index (χ2v) is 9.02. The summed E-state index contributed by atoms with van der Waals surface area (Å²) < 4.78 is 5.73. The first-order valence-electron chi connectivity index (χ1n) is 9.37. The Bertz CT molecular complexity index is 920. The zero-order valence-electron chi connectivity index (χ0n) is 15.3. The third kappa shape index (κ3) is 4.17. The molecule has 1 atom stereocenters. The molecular weight excluding hydrogens is 376 g/mol. The average Bonchev–Trinajstić information content (AvgIpc) is 3.14. The van der Waals surface area contributed by atoms with Crippen LogP contribution in [-0.4, -0.2) is 27.3 Å². The van der Waals surface area contributed by atoms with Crippen LogP contribution in [0.25, 0.3) is 21.3 Å². The number of hydrogen-bond acceptors (Lipinski definition) is 6. The Morgan fingerprint density at radius 3 is 2.74 bits per heavy atom. The van der Waals surface area contributed by atoms with Crippen LogP contribution >= 0.6 is 23.1 Å². The molecule has 0 saturated heterocycles. The predicted octanol–water partition coefficient (Wildman–Crippen LogP) is 5.71. The molecule has 4 rings (SSSR count). The van der Waals surface area contributed by atoms with E-state index in [0.29, 0.717) is 0 Å². The number of carbonyl (C=O) groups excluding carboxylic acids is 1. The Morgan fingerprint density at radius 2 is 1.96 bits per heavy atom. The highest BCUT2D eigenvalue weighted by molar-refractivity contribution is 8.00. The van der Waals surface area contributed by atoms with E-state index in [1.807, 2.05) is 25.1 Å². The number of benzene rings is 1. The van der Waals surface area contributed by atoms with Crippen LogP contribution in [0.4, 0.5) is 0 Å². The summed E-state index contributed by atoms with van der Waals surface area (Å²) in [5.41, 5.74) is 2.25. The van der Waals surface area contributed by atoms with E-state index in [9.17, 15) is 4.79 Å². The van der Waals surface area contributed by atoms with E-state index < -0.39 is 0 Å². The van der Waals surface area contributed by atoms with Crippen LogP contribution in [0.1, 0.15) is 39.0 Å². The molecule has 0 N–H and O–H groups in total. The van der Waals surface area contributed by atoms with Gasteiger partial charge >= 0.3 is 5.97 Å². The third-order valence-electron chi connectivity index (χ3n) is 4.88. The van der Waals surface area contributed by atoms with Crippen LogP contribution in [0.2, 0.25) is 0 Å². The Balaban J connectivity index is 1.56. The molecule has 6 heteroatoms. The zero-order valence-corrected chi connectivity index (χ0v) is 16.9. The maximum atomic E-state index is 12.6. The van der Waals surface area contributed by atoms with Crippen molar-refractivity contribution in [3.05, 3.63) is 42.0 Å². The van der Waals surface area contributed by atoms with Crippen LogP contribution in [0.15, 0.2) is 47.1 Å². The van der Waals surface area contributed by atoms with Crippen LogP contribution in [0.5, 0.6) is 0 Å². The number of rotatable bonds is 5. The Hall–Kier alpha value is -1.92. The molecule has 1 aliphatic rings. The number of ether oxygens (including phenoxy) is 1. The summed E-state index contributed by atoms with van der Waals surface area (Å²) in [7, 11) is 0. The van der Waals surface area contributed by atoms with Crippen molar-refractivity contribution in [1.29, 1.82) is 0 Å². The Kier molecular flexibility index (Phi) is 5.74. The van der Waals surface area contributed by atoms with Crippen molar-refractivity contribution in [3.8, 4) is 11.1 Å². The summed E-state index contributed by atoms with van der Waals surface area (Å²) in [6.45, 7) is 1.90. The van der Waals surface area contributed by atoms with Crippen LogP contribution in [-0.2, 0) is 9.53 Å². The smallest absolute Gasteiger partial charge is 0.319 e. The lowest BCUT2D eigenvalue weighted by Gasteiger charge is -2.23. The summed E-state index contributed by atoms with van der Waals surface area (Å²) in [5, 5.41) is 3.68. The van der Waals surface area contributed by atoms with Gasteiger partial charge in [-0.2, -0.15) is 0 Å². The normalized spacial score (nSPS) is 16.3. The molecule has 0 aliphatic heterocycles. The summed E-state index contributed by atoms with van der Waals surface area (Å²) in [5.74, 6) is -0.143. The van der Waals surface area contributed by atoms with Gasteiger partial charge in [-0.25, -0.2) is 9.97 Å². The Labute approximate surface area is 167 Å². The number of esters is 1. The molecular formula is C21H22N2O2S2. The fourth-order valence-corrected chi connectivity index (χ4v) is 5.33. The minimum absolute atomic E-state index is 0.0840. The van der Waals surface area contributed by atoms with E-state index in [1.165, 1.54) is 18.2 Å². The van der Waals surface area contributed by atoms with Crippen LogP contribution in [0.3, 0.4) is 0 Å². The quantitative estimate of drug-likeness (QED) is 0.313. The standard InChI is InChI=1S/C21H22N2O2S2/c1-14(21(24)25-16-10-6-3-7-11-16)27-20-18-17(15-8-4-2-5-9-15)12-26-19(18)22-13-23-20/h2,4-5,8-9,12-14,16H,3,6-7,10-11H2,1H3/t14-/m0/s1. The van der Waals surface area contributed by atoms with Gasteiger partial charge in [0.25, 0.3) is 0 Å². The fourth-order valence-electron chi connectivity index (χ4n) is 3.43. The number of carbonyl (C=O) groups is 1. The molecule has 1 fully saturated rings. The van der Waals surface area contributed by atoms with Gasteiger partial charge in [-0.3, -0.25) is 4.79 Å². The molecule has 27 heavy (non-hydrogen) atoms. The second kappa shape index (κ2) is 8.40. The number of fused-ring (bicyclic) bond motifs is 1. The molecule has 0 spiro atoms. The van der Waals surface area contributed by atoms with Crippen molar-refractivity contribution < 1.29 is 9.53 Å². The first kappa shape index (κ1) is 18.4. The van der Waals surface area contributed by atoms with E-state index in [0.717, 1.165) is 52.1 Å². The SMILES string of the molecule is C[C@H](Sc1ncnc2scc(-c3ccccc3)c12)C(=O)OC1CCCCC1. The van der Waals surface area contributed by atoms with Crippen LogP contribution < -0.4 is 0 Å². The monoisotopic (exact) mass is 398 g/mol. The van der Waals surface area contributed by atoms with Crippen molar-refractivity contribution >= 4 is 39.3 Å². The van der Waals surface area contributed by atoms with Gasteiger partial charge in [0.1, 0.15) is 27.5 Å². The highest BCUT2D eigenvalue weighted by Crippen LogP contribution is 2.39. The predicted molar refractivity (Wildman–Crippen MR) is 111 cm³/mol. The minimum Gasteiger partial charge on any atom is -0.462 e. The van der Waals surface area contributed by atoms with E-state index in [1.54, 1.807) is 17.7 Å².